The van der Waals surface area contributed by atoms with Crippen molar-refractivity contribution in [2.24, 2.45) is 0 Å². The average molecular weight is 529 g/mol. The first-order valence-corrected chi connectivity index (χ1v) is 13.1. The Morgan fingerprint density at radius 2 is 1.84 bits per heavy atom. The normalized spacial score (nSPS) is 21.5. The molecule has 2 aliphatic heterocycles. The number of pyridine rings is 1. The summed E-state index contributed by atoms with van der Waals surface area (Å²) in [7, 11) is 0. The van der Waals surface area contributed by atoms with Crippen LogP contribution in [0.15, 0.2) is 42.6 Å². The smallest absolute Gasteiger partial charge is 0.410 e. The van der Waals surface area contributed by atoms with E-state index in [1.165, 1.54) is 9.80 Å². The summed E-state index contributed by atoms with van der Waals surface area (Å²) in [6.07, 6.45) is -0.863. The van der Waals surface area contributed by atoms with Crippen molar-refractivity contribution >= 4 is 17.7 Å². The van der Waals surface area contributed by atoms with Gasteiger partial charge in [0, 0.05) is 55.0 Å². The van der Waals surface area contributed by atoms with Gasteiger partial charge in [0.2, 0.25) is 5.91 Å². The molecule has 9 heteroatoms. The molecule has 1 aromatic heterocycles. The zero-order valence-corrected chi connectivity index (χ0v) is 23.1. The molecule has 3 heterocycles. The van der Waals surface area contributed by atoms with Gasteiger partial charge in [-0.3, -0.25) is 14.7 Å². The number of halogens is 2. The van der Waals surface area contributed by atoms with Crippen molar-refractivity contribution in [2.75, 3.05) is 31.1 Å². The highest BCUT2D eigenvalue weighted by molar-refractivity contribution is 5.97. The largest absolute Gasteiger partial charge is 0.444 e. The quantitative estimate of drug-likeness (QED) is 0.554. The molecule has 0 spiro atoms. The van der Waals surface area contributed by atoms with Crippen molar-refractivity contribution in [1.82, 2.24) is 14.8 Å². The van der Waals surface area contributed by atoms with Crippen LogP contribution < -0.4 is 4.90 Å². The van der Waals surface area contributed by atoms with E-state index in [1.807, 2.05) is 42.6 Å². The zero-order chi connectivity index (χ0) is 27.8. The fourth-order valence-corrected chi connectivity index (χ4v) is 5.25. The number of carbonyl (C=O) groups excluding carboxylic acids is 2. The molecule has 0 bridgehead atoms. The number of hydrogen-bond donors (Lipinski definition) is 0. The van der Waals surface area contributed by atoms with Crippen molar-refractivity contribution in [3.63, 3.8) is 0 Å². The van der Waals surface area contributed by atoms with Crippen LogP contribution in [0, 0.1) is 0 Å². The van der Waals surface area contributed by atoms with Gasteiger partial charge >= 0.3 is 6.09 Å². The maximum Gasteiger partial charge on any atom is 0.410 e. The number of amides is 2. The van der Waals surface area contributed by atoms with E-state index in [4.69, 9.17) is 4.74 Å². The SMILES string of the molecule is C[C@@H]1CN(CC(=O)N2CC(C)(C)c3cnc(Cc4ccccc4)cc32)[C@@H](C(F)F)CN1C(=O)OC(C)(C)C. The molecule has 7 nitrogen and oxygen atoms in total. The van der Waals surface area contributed by atoms with Crippen LogP contribution in [0.3, 0.4) is 0 Å². The van der Waals surface area contributed by atoms with Crippen molar-refractivity contribution in [3.8, 4) is 0 Å². The number of piperazine rings is 1. The van der Waals surface area contributed by atoms with Crippen LogP contribution in [0.2, 0.25) is 0 Å². The van der Waals surface area contributed by atoms with Gasteiger partial charge in [0.25, 0.3) is 6.43 Å². The van der Waals surface area contributed by atoms with Gasteiger partial charge in [0.1, 0.15) is 5.60 Å². The molecular formula is C29H38F2N4O3. The minimum absolute atomic E-state index is 0.152. The molecule has 0 radical (unpaired) electrons. The molecule has 1 fully saturated rings. The molecule has 2 atom stereocenters. The molecule has 0 aliphatic carbocycles. The molecule has 2 aliphatic rings. The van der Waals surface area contributed by atoms with Crippen LogP contribution in [0.5, 0.6) is 0 Å². The van der Waals surface area contributed by atoms with Gasteiger partial charge in [-0.25, -0.2) is 13.6 Å². The number of rotatable bonds is 5. The van der Waals surface area contributed by atoms with Crippen LogP contribution in [0.25, 0.3) is 0 Å². The number of hydrogen-bond acceptors (Lipinski definition) is 5. The molecule has 0 saturated carbocycles. The van der Waals surface area contributed by atoms with Crippen LogP contribution in [-0.4, -0.2) is 77.1 Å². The van der Waals surface area contributed by atoms with E-state index in [-0.39, 0.29) is 37.0 Å². The summed E-state index contributed by atoms with van der Waals surface area (Å²) < 4.78 is 33.8. The Kier molecular flexibility index (Phi) is 7.79. The van der Waals surface area contributed by atoms with Gasteiger partial charge < -0.3 is 14.5 Å². The number of ether oxygens (including phenoxy) is 1. The summed E-state index contributed by atoms with van der Waals surface area (Å²) in [4.78, 5) is 35.5. The van der Waals surface area contributed by atoms with Crippen molar-refractivity contribution < 1.29 is 23.1 Å². The second-order valence-electron chi connectivity index (χ2n) is 12.0. The number of fused-ring (bicyclic) bond motifs is 1. The van der Waals surface area contributed by atoms with E-state index in [9.17, 15) is 18.4 Å². The van der Waals surface area contributed by atoms with Crippen LogP contribution >= 0.6 is 0 Å². The van der Waals surface area contributed by atoms with E-state index in [0.717, 1.165) is 22.5 Å². The molecular weight excluding hydrogens is 490 g/mol. The van der Waals surface area contributed by atoms with Gasteiger partial charge in [-0.05, 0) is 39.3 Å². The van der Waals surface area contributed by atoms with Crippen molar-refractivity contribution in [2.45, 2.75) is 77.5 Å². The number of carbonyl (C=O) groups is 2. The lowest BCUT2D eigenvalue weighted by atomic mass is 9.88. The van der Waals surface area contributed by atoms with E-state index in [2.05, 4.69) is 18.8 Å². The maximum absolute atomic E-state index is 14.2. The molecule has 206 valence electrons. The Hall–Kier alpha value is -3.07. The van der Waals surface area contributed by atoms with Gasteiger partial charge in [-0.1, -0.05) is 44.2 Å². The lowest BCUT2D eigenvalue weighted by Gasteiger charge is -2.44. The first-order chi connectivity index (χ1) is 17.7. The van der Waals surface area contributed by atoms with Gasteiger partial charge in [-0.15, -0.1) is 0 Å². The molecule has 1 saturated heterocycles. The Balaban J connectivity index is 1.52. The molecule has 0 N–H and O–H groups in total. The topological polar surface area (TPSA) is 66.0 Å². The van der Waals surface area contributed by atoms with Gasteiger partial charge in [0.15, 0.2) is 0 Å². The van der Waals surface area contributed by atoms with E-state index < -0.39 is 24.2 Å². The number of aromatic nitrogens is 1. The number of anilines is 1. The van der Waals surface area contributed by atoms with E-state index in [1.54, 1.807) is 32.6 Å². The standard InChI is InChI=1S/C29H38F2N4O3/c1-19-15-33(24(26(30)31)16-34(19)27(37)38-28(2,3)4)17-25(36)35-18-29(5,6)22-14-32-21(13-23(22)35)12-20-10-8-7-9-11-20/h7-11,13-14,19,24,26H,12,15-18H2,1-6H3/t19-,24-/m1/s1. The molecule has 2 amide bonds. The third-order valence-electron chi connectivity index (χ3n) is 7.18. The molecule has 38 heavy (non-hydrogen) atoms. The molecule has 1 aromatic carbocycles. The highest BCUT2D eigenvalue weighted by Gasteiger charge is 2.43. The third kappa shape index (κ3) is 6.14. The Morgan fingerprint density at radius 1 is 1.16 bits per heavy atom. The summed E-state index contributed by atoms with van der Waals surface area (Å²) in [6, 6.07) is 10.3. The highest BCUT2D eigenvalue weighted by Crippen LogP contribution is 2.40. The molecule has 4 rings (SSSR count). The Bertz CT molecular complexity index is 1170. The summed E-state index contributed by atoms with van der Waals surface area (Å²) in [5.41, 5.74) is 2.68. The first-order valence-electron chi connectivity index (χ1n) is 13.1. The number of benzene rings is 1. The van der Waals surface area contributed by atoms with Crippen molar-refractivity contribution in [1.29, 1.82) is 0 Å². The Labute approximate surface area is 223 Å². The zero-order valence-electron chi connectivity index (χ0n) is 23.1. The molecule has 2 aromatic rings. The number of nitrogens with zero attached hydrogens (tertiary/aromatic N) is 4. The summed E-state index contributed by atoms with van der Waals surface area (Å²) in [5, 5.41) is 0. The van der Waals surface area contributed by atoms with E-state index in [0.29, 0.717) is 13.0 Å². The van der Waals surface area contributed by atoms with Gasteiger partial charge in [-0.2, -0.15) is 0 Å². The third-order valence-corrected chi connectivity index (χ3v) is 7.18. The summed E-state index contributed by atoms with van der Waals surface area (Å²) >= 11 is 0. The highest BCUT2D eigenvalue weighted by atomic mass is 19.3. The second-order valence-corrected chi connectivity index (χ2v) is 12.0. The predicted molar refractivity (Wildman–Crippen MR) is 143 cm³/mol. The van der Waals surface area contributed by atoms with Crippen molar-refractivity contribution in [3.05, 3.63) is 59.4 Å². The predicted octanol–water partition coefficient (Wildman–Crippen LogP) is 4.87. The maximum atomic E-state index is 14.2. The van der Waals surface area contributed by atoms with Crippen LogP contribution in [0.4, 0.5) is 19.3 Å². The van der Waals surface area contributed by atoms with Gasteiger partial charge in [0.05, 0.1) is 18.3 Å². The monoisotopic (exact) mass is 528 g/mol. The lowest BCUT2D eigenvalue weighted by Crippen LogP contribution is -2.63. The minimum Gasteiger partial charge on any atom is -0.444 e. The van der Waals surface area contributed by atoms with Crippen LogP contribution in [0.1, 0.15) is 58.4 Å². The fourth-order valence-electron chi connectivity index (χ4n) is 5.25. The van der Waals surface area contributed by atoms with Crippen LogP contribution in [-0.2, 0) is 21.4 Å². The minimum atomic E-state index is -2.72. The molecule has 0 unspecified atom stereocenters. The van der Waals surface area contributed by atoms with E-state index >= 15 is 0 Å². The second kappa shape index (κ2) is 10.6. The first kappa shape index (κ1) is 28.0. The fraction of sp³-hybridized carbons (Fsp3) is 0.552. The summed E-state index contributed by atoms with van der Waals surface area (Å²) in [5.74, 6) is -0.239. The average Bonchev–Trinajstić information content (AvgIpc) is 3.08. The Morgan fingerprint density at radius 3 is 2.47 bits per heavy atom. The number of alkyl halides is 2. The lowest BCUT2D eigenvalue weighted by molar-refractivity contribution is -0.123. The summed E-state index contributed by atoms with van der Waals surface area (Å²) in [6.45, 7) is 11.4.